The van der Waals surface area contributed by atoms with Crippen molar-refractivity contribution < 1.29 is 0 Å². The summed E-state index contributed by atoms with van der Waals surface area (Å²) in [5, 5.41) is 10.9. The number of hydrogen-bond acceptors (Lipinski definition) is 3. The van der Waals surface area contributed by atoms with Crippen LogP contribution in [0.1, 0.15) is 25.5 Å². The molecule has 0 saturated heterocycles. The molecule has 4 heteroatoms. The van der Waals surface area contributed by atoms with Crippen molar-refractivity contribution in [1.82, 2.24) is 20.0 Å². The third kappa shape index (κ3) is 2.46. The normalized spacial score (nSPS) is 11.3. The molecule has 4 nitrogen and oxygen atoms in total. The Bertz CT molecular complexity index is 917. The first-order chi connectivity index (χ1) is 11.4. The average Bonchev–Trinajstić information content (AvgIpc) is 3.06. The topological polar surface area (TPSA) is 43.6 Å². The summed E-state index contributed by atoms with van der Waals surface area (Å²) in [5.74, 6) is 0. The van der Waals surface area contributed by atoms with Crippen LogP contribution in [-0.2, 0) is 6.42 Å². The van der Waals surface area contributed by atoms with Gasteiger partial charge in [0.1, 0.15) is 0 Å². The summed E-state index contributed by atoms with van der Waals surface area (Å²) in [6.07, 6.45) is 5.31. The number of rotatable bonds is 4. The van der Waals surface area contributed by atoms with Crippen molar-refractivity contribution in [2.75, 3.05) is 0 Å². The molecule has 0 saturated carbocycles. The van der Waals surface area contributed by atoms with Gasteiger partial charge in [-0.15, -0.1) is 5.10 Å². The van der Waals surface area contributed by atoms with Crippen LogP contribution >= 0.6 is 0 Å². The smallest absolute Gasteiger partial charge is 0.0851 e. The molecule has 0 fully saturated rings. The number of pyridine rings is 1. The summed E-state index contributed by atoms with van der Waals surface area (Å²) >= 11 is 0. The molecule has 114 valence electrons. The minimum absolute atomic E-state index is 0.970. The number of aryl methyl sites for hydroxylation is 1. The maximum atomic E-state index is 4.76. The molecule has 2 aromatic carbocycles. The van der Waals surface area contributed by atoms with E-state index in [1.807, 2.05) is 47.3 Å². The van der Waals surface area contributed by atoms with Gasteiger partial charge < -0.3 is 0 Å². The fourth-order valence-corrected chi connectivity index (χ4v) is 2.94. The van der Waals surface area contributed by atoms with Crippen LogP contribution in [-0.4, -0.2) is 20.0 Å². The lowest BCUT2D eigenvalue weighted by molar-refractivity contribution is 0.763. The summed E-state index contributed by atoms with van der Waals surface area (Å²) in [5.41, 5.74) is 4.05. The van der Waals surface area contributed by atoms with Crippen LogP contribution in [0.2, 0.25) is 0 Å². The Labute approximate surface area is 134 Å². The molecule has 4 aromatic rings. The summed E-state index contributed by atoms with van der Waals surface area (Å²) < 4.78 is 1.90. The highest BCUT2D eigenvalue weighted by molar-refractivity contribution is 6.02. The Kier molecular flexibility index (Phi) is 3.50. The van der Waals surface area contributed by atoms with Crippen molar-refractivity contribution in [2.24, 2.45) is 0 Å². The SMILES string of the molecule is CCCCc1cn(-c2c3ccccc3nc3ccccc23)nn1. The standard InChI is InChI=1S/C19H18N4/c1-2-3-8-14-13-23(22-21-14)19-15-9-4-6-11-17(15)20-18-12-7-5-10-16(18)19/h4-7,9-13H,2-3,8H2,1H3. The Balaban J connectivity index is 1.97. The van der Waals surface area contributed by atoms with Crippen molar-refractivity contribution in [3.05, 3.63) is 60.4 Å². The monoisotopic (exact) mass is 302 g/mol. The molecule has 0 atom stereocenters. The molecule has 0 amide bonds. The van der Waals surface area contributed by atoms with E-state index >= 15 is 0 Å². The van der Waals surface area contributed by atoms with Crippen molar-refractivity contribution in [2.45, 2.75) is 26.2 Å². The zero-order chi connectivity index (χ0) is 15.6. The zero-order valence-corrected chi connectivity index (χ0v) is 13.1. The number of nitrogens with zero attached hydrogens (tertiary/aromatic N) is 4. The van der Waals surface area contributed by atoms with E-state index in [-0.39, 0.29) is 0 Å². The average molecular weight is 302 g/mol. The minimum Gasteiger partial charge on any atom is -0.248 e. The first kappa shape index (κ1) is 13.9. The van der Waals surface area contributed by atoms with E-state index in [2.05, 4.69) is 29.4 Å². The van der Waals surface area contributed by atoms with Gasteiger partial charge in [0.25, 0.3) is 0 Å². The fraction of sp³-hybridized carbons (Fsp3) is 0.211. The lowest BCUT2D eigenvalue weighted by Crippen LogP contribution is -1.99. The number of unbranched alkanes of at least 4 members (excludes halogenated alkanes) is 1. The molecule has 2 heterocycles. The van der Waals surface area contributed by atoms with Crippen LogP contribution in [0.4, 0.5) is 0 Å². The van der Waals surface area contributed by atoms with Crippen LogP contribution in [0.15, 0.2) is 54.7 Å². The van der Waals surface area contributed by atoms with Crippen molar-refractivity contribution in [3.8, 4) is 5.69 Å². The van der Waals surface area contributed by atoms with Gasteiger partial charge in [-0.25, -0.2) is 9.67 Å². The number of aromatic nitrogens is 4. The predicted molar refractivity (Wildman–Crippen MR) is 92.8 cm³/mol. The quantitative estimate of drug-likeness (QED) is 0.528. The van der Waals surface area contributed by atoms with E-state index in [0.29, 0.717) is 0 Å². The highest BCUT2D eigenvalue weighted by Gasteiger charge is 2.12. The van der Waals surface area contributed by atoms with E-state index in [1.165, 1.54) is 0 Å². The van der Waals surface area contributed by atoms with Gasteiger partial charge >= 0.3 is 0 Å². The third-order valence-corrected chi connectivity index (χ3v) is 4.12. The van der Waals surface area contributed by atoms with Crippen LogP contribution in [0.3, 0.4) is 0 Å². The van der Waals surface area contributed by atoms with Gasteiger partial charge in [-0.3, -0.25) is 0 Å². The number of fused-ring (bicyclic) bond motifs is 2. The first-order valence-corrected chi connectivity index (χ1v) is 8.06. The number of para-hydroxylation sites is 2. The highest BCUT2D eigenvalue weighted by atomic mass is 15.4. The first-order valence-electron chi connectivity index (χ1n) is 8.06. The van der Waals surface area contributed by atoms with E-state index < -0.39 is 0 Å². The molecule has 2 aromatic heterocycles. The van der Waals surface area contributed by atoms with Crippen molar-refractivity contribution in [1.29, 1.82) is 0 Å². The van der Waals surface area contributed by atoms with Crippen LogP contribution in [0, 0.1) is 0 Å². The fourth-order valence-electron chi connectivity index (χ4n) is 2.94. The Morgan fingerprint density at radius 3 is 2.22 bits per heavy atom. The number of benzene rings is 2. The molecule has 0 spiro atoms. The largest absolute Gasteiger partial charge is 0.248 e. The molecular weight excluding hydrogens is 284 g/mol. The molecule has 0 bridgehead atoms. The molecule has 0 unspecified atom stereocenters. The molecule has 0 radical (unpaired) electrons. The van der Waals surface area contributed by atoms with Gasteiger partial charge in [0.2, 0.25) is 0 Å². The second kappa shape index (κ2) is 5.80. The maximum Gasteiger partial charge on any atom is 0.0851 e. The van der Waals surface area contributed by atoms with Crippen molar-refractivity contribution >= 4 is 21.8 Å². The van der Waals surface area contributed by atoms with Crippen molar-refractivity contribution in [3.63, 3.8) is 0 Å². The zero-order valence-electron chi connectivity index (χ0n) is 13.1. The molecule has 0 aliphatic carbocycles. The van der Waals surface area contributed by atoms with E-state index in [9.17, 15) is 0 Å². The molecule has 0 aliphatic heterocycles. The summed E-state index contributed by atoms with van der Waals surface area (Å²) in [4.78, 5) is 4.76. The Morgan fingerprint density at radius 1 is 0.913 bits per heavy atom. The van der Waals surface area contributed by atoms with Gasteiger partial charge in [0.05, 0.1) is 28.6 Å². The number of hydrogen-bond donors (Lipinski definition) is 0. The molecule has 4 rings (SSSR count). The Morgan fingerprint density at radius 2 is 1.57 bits per heavy atom. The summed E-state index contributed by atoms with van der Waals surface area (Å²) in [6, 6.07) is 16.4. The molecule has 0 N–H and O–H groups in total. The predicted octanol–water partition coefficient (Wildman–Crippen LogP) is 4.31. The maximum absolute atomic E-state index is 4.76. The van der Waals surface area contributed by atoms with Gasteiger partial charge in [0.15, 0.2) is 0 Å². The van der Waals surface area contributed by atoms with Crippen LogP contribution in [0.5, 0.6) is 0 Å². The van der Waals surface area contributed by atoms with Gasteiger partial charge in [0, 0.05) is 10.8 Å². The van der Waals surface area contributed by atoms with E-state index in [0.717, 1.165) is 52.4 Å². The van der Waals surface area contributed by atoms with Gasteiger partial charge in [-0.1, -0.05) is 55.0 Å². The molecule has 23 heavy (non-hydrogen) atoms. The molecular formula is C19H18N4. The van der Waals surface area contributed by atoms with Crippen LogP contribution in [0.25, 0.3) is 27.5 Å². The lowest BCUT2D eigenvalue weighted by Gasteiger charge is -2.10. The highest BCUT2D eigenvalue weighted by Crippen LogP contribution is 2.28. The van der Waals surface area contributed by atoms with E-state index in [1.54, 1.807) is 0 Å². The minimum atomic E-state index is 0.970. The van der Waals surface area contributed by atoms with Crippen LogP contribution < -0.4 is 0 Å². The van der Waals surface area contributed by atoms with Gasteiger partial charge in [-0.05, 0) is 25.0 Å². The van der Waals surface area contributed by atoms with E-state index in [4.69, 9.17) is 4.98 Å². The summed E-state index contributed by atoms with van der Waals surface area (Å²) in [6.45, 7) is 2.19. The van der Waals surface area contributed by atoms with Gasteiger partial charge in [-0.2, -0.15) is 0 Å². The second-order valence-corrected chi connectivity index (χ2v) is 5.75. The molecule has 0 aliphatic rings. The third-order valence-electron chi connectivity index (χ3n) is 4.12. The second-order valence-electron chi connectivity index (χ2n) is 5.75. The summed E-state index contributed by atoms with van der Waals surface area (Å²) in [7, 11) is 0. The Hall–Kier alpha value is -2.75. The lowest BCUT2D eigenvalue weighted by atomic mass is 10.1.